The van der Waals surface area contributed by atoms with Crippen LogP contribution in [0.1, 0.15) is 35.3 Å². The summed E-state index contributed by atoms with van der Waals surface area (Å²) in [4.78, 5) is 23.1. The molecule has 2 N–H and O–H groups in total. The predicted molar refractivity (Wildman–Crippen MR) is 92.1 cm³/mol. The van der Waals surface area contributed by atoms with E-state index in [2.05, 4.69) is 5.32 Å². The minimum atomic E-state index is -1.00. The van der Waals surface area contributed by atoms with E-state index in [1.54, 1.807) is 12.1 Å². The Balaban J connectivity index is 1.98. The van der Waals surface area contributed by atoms with Crippen molar-refractivity contribution in [2.45, 2.75) is 33.0 Å². The van der Waals surface area contributed by atoms with E-state index in [9.17, 15) is 9.59 Å². The molecule has 0 fully saturated rings. The predicted octanol–water partition coefficient (Wildman–Crippen LogP) is 3.49. The largest absolute Gasteiger partial charge is 0.478 e. The van der Waals surface area contributed by atoms with Gasteiger partial charge in [-0.05, 0) is 49.2 Å². The maximum atomic E-state index is 12.2. The van der Waals surface area contributed by atoms with Crippen LogP contribution in [0.3, 0.4) is 0 Å². The van der Waals surface area contributed by atoms with Gasteiger partial charge in [-0.15, -0.1) is 0 Å². The first-order chi connectivity index (χ1) is 11.4. The average molecular weight is 327 g/mol. The molecule has 1 amide bonds. The van der Waals surface area contributed by atoms with Crippen molar-refractivity contribution in [1.82, 2.24) is 0 Å². The second-order valence-corrected chi connectivity index (χ2v) is 5.79. The molecule has 24 heavy (non-hydrogen) atoms. The van der Waals surface area contributed by atoms with Gasteiger partial charge in [0.25, 0.3) is 0 Å². The quantitative estimate of drug-likeness (QED) is 0.816. The maximum Gasteiger partial charge on any atom is 0.335 e. The lowest BCUT2D eigenvalue weighted by molar-refractivity contribution is -0.115. The minimum absolute atomic E-state index is 0.119. The lowest BCUT2D eigenvalue weighted by Gasteiger charge is -2.10. The summed E-state index contributed by atoms with van der Waals surface area (Å²) in [6.07, 6.45) is 0.262. The molecule has 0 bridgehead atoms. The Labute approximate surface area is 141 Å². The van der Waals surface area contributed by atoms with Crippen LogP contribution in [0.4, 0.5) is 5.69 Å². The van der Waals surface area contributed by atoms with Crippen molar-refractivity contribution in [3.8, 4) is 0 Å². The number of carbonyl (C=O) groups excluding carboxylic acids is 1. The number of nitrogens with one attached hydrogen (secondary N) is 1. The standard InChI is InChI=1S/C19H21NO4/c1-13(2)24-12-15-6-4-8-17(10-15)20-18(21)11-14-5-3-7-16(9-14)19(22)23/h3-10,13H,11-12H2,1-2H3,(H,20,21)(H,22,23). The van der Waals surface area contributed by atoms with Crippen LogP contribution in [0, 0.1) is 0 Å². The number of benzene rings is 2. The van der Waals surface area contributed by atoms with E-state index >= 15 is 0 Å². The number of carbonyl (C=O) groups is 2. The van der Waals surface area contributed by atoms with Gasteiger partial charge in [-0.3, -0.25) is 4.79 Å². The molecule has 0 saturated heterocycles. The summed E-state index contributed by atoms with van der Waals surface area (Å²) in [5, 5.41) is 11.8. The smallest absolute Gasteiger partial charge is 0.335 e. The van der Waals surface area contributed by atoms with Crippen LogP contribution in [0.5, 0.6) is 0 Å². The van der Waals surface area contributed by atoms with Crippen LogP contribution in [0.2, 0.25) is 0 Å². The first-order valence-electron chi connectivity index (χ1n) is 7.76. The van der Waals surface area contributed by atoms with Gasteiger partial charge in [0.15, 0.2) is 0 Å². The summed E-state index contributed by atoms with van der Waals surface area (Å²) in [6.45, 7) is 4.43. The molecule has 0 unspecified atom stereocenters. The summed E-state index contributed by atoms with van der Waals surface area (Å²) in [5.41, 5.74) is 2.51. The molecule has 0 aromatic heterocycles. The van der Waals surface area contributed by atoms with Crippen LogP contribution in [0.15, 0.2) is 48.5 Å². The number of hydrogen-bond donors (Lipinski definition) is 2. The molecule has 0 aliphatic heterocycles. The van der Waals surface area contributed by atoms with Crippen LogP contribution >= 0.6 is 0 Å². The van der Waals surface area contributed by atoms with E-state index in [-0.39, 0.29) is 24.0 Å². The topological polar surface area (TPSA) is 75.6 Å². The fourth-order valence-electron chi connectivity index (χ4n) is 2.21. The first kappa shape index (κ1) is 17.7. The zero-order valence-electron chi connectivity index (χ0n) is 13.8. The second kappa shape index (κ2) is 8.26. The van der Waals surface area contributed by atoms with Gasteiger partial charge in [-0.2, -0.15) is 0 Å². The highest BCUT2D eigenvalue weighted by molar-refractivity contribution is 5.93. The average Bonchev–Trinajstić information content (AvgIpc) is 2.53. The minimum Gasteiger partial charge on any atom is -0.478 e. The molecular weight excluding hydrogens is 306 g/mol. The Hall–Kier alpha value is -2.66. The van der Waals surface area contributed by atoms with Crippen LogP contribution < -0.4 is 5.32 Å². The van der Waals surface area contributed by atoms with Crippen LogP contribution in [-0.2, 0) is 22.6 Å². The maximum absolute atomic E-state index is 12.2. The Morgan fingerprint density at radius 2 is 1.79 bits per heavy atom. The van der Waals surface area contributed by atoms with Crippen molar-refractivity contribution in [2.75, 3.05) is 5.32 Å². The molecule has 0 aliphatic rings. The van der Waals surface area contributed by atoms with E-state index < -0.39 is 5.97 Å². The molecule has 0 atom stereocenters. The van der Waals surface area contributed by atoms with Gasteiger partial charge < -0.3 is 15.2 Å². The highest BCUT2D eigenvalue weighted by Gasteiger charge is 2.08. The summed E-state index contributed by atoms with van der Waals surface area (Å²) < 4.78 is 5.55. The van der Waals surface area contributed by atoms with E-state index in [1.165, 1.54) is 12.1 Å². The number of amides is 1. The molecular formula is C19H21NO4. The third kappa shape index (κ3) is 5.52. The third-order valence-electron chi connectivity index (χ3n) is 3.33. The zero-order valence-corrected chi connectivity index (χ0v) is 13.8. The summed E-state index contributed by atoms with van der Waals surface area (Å²) in [5.74, 6) is -1.20. The summed E-state index contributed by atoms with van der Waals surface area (Å²) in [6, 6.07) is 13.9. The monoisotopic (exact) mass is 327 g/mol. The fourth-order valence-corrected chi connectivity index (χ4v) is 2.21. The van der Waals surface area contributed by atoms with Crippen molar-refractivity contribution >= 4 is 17.6 Å². The lowest BCUT2D eigenvalue weighted by Crippen LogP contribution is -2.15. The van der Waals surface area contributed by atoms with Gasteiger partial charge in [-0.1, -0.05) is 24.3 Å². The number of carboxylic acid groups (broad SMARTS) is 1. The Morgan fingerprint density at radius 1 is 1.08 bits per heavy atom. The number of hydrogen-bond acceptors (Lipinski definition) is 3. The van der Waals surface area contributed by atoms with Gasteiger partial charge >= 0.3 is 5.97 Å². The molecule has 2 aromatic rings. The third-order valence-corrected chi connectivity index (χ3v) is 3.33. The van der Waals surface area contributed by atoms with Gasteiger partial charge in [0, 0.05) is 5.69 Å². The Morgan fingerprint density at radius 3 is 2.50 bits per heavy atom. The normalized spacial score (nSPS) is 10.6. The van der Waals surface area contributed by atoms with Crippen LogP contribution in [0.25, 0.3) is 0 Å². The highest BCUT2D eigenvalue weighted by Crippen LogP contribution is 2.13. The van der Waals surface area contributed by atoms with E-state index in [4.69, 9.17) is 9.84 Å². The zero-order chi connectivity index (χ0) is 17.5. The molecule has 0 heterocycles. The Kier molecular flexibility index (Phi) is 6.09. The Bertz CT molecular complexity index is 725. The van der Waals surface area contributed by atoms with Crippen molar-refractivity contribution in [3.05, 3.63) is 65.2 Å². The molecule has 5 nitrogen and oxygen atoms in total. The molecule has 126 valence electrons. The fraction of sp³-hybridized carbons (Fsp3) is 0.263. The van der Waals surface area contributed by atoms with Gasteiger partial charge in [0.1, 0.15) is 0 Å². The number of aromatic carboxylic acids is 1. The van der Waals surface area contributed by atoms with Crippen molar-refractivity contribution in [1.29, 1.82) is 0 Å². The number of carboxylic acids is 1. The number of anilines is 1. The van der Waals surface area contributed by atoms with E-state index in [0.29, 0.717) is 17.9 Å². The molecule has 0 saturated carbocycles. The van der Waals surface area contributed by atoms with Gasteiger partial charge in [0.05, 0.1) is 24.7 Å². The van der Waals surface area contributed by atoms with Crippen molar-refractivity contribution < 1.29 is 19.4 Å². The SMILES string of the molecule is CC(C)OCc1cccc(NC(=O)Cc2cccc(C(=O)O)c2)c1. The molecule has 2 rings (SSSR count). The first-order valence-corrected chi connectivity index (χ1v) is 7.76. The summed E-state index contributed by atoms with van der Waals surface area (Å²) in [7, 11) is 0. The van der Waals surface area contributed by atoms with Gasteiger partial charge in [-0.25, -0.2) is 4.79 Å². The van der Waals surface area contributed by atoms with E-state index in [0.717, 1.165) is 5.56 Å². The van der Waals surface area contributed by atoms with E-state index in [1.807, 2.05) is 38.1 Å². The second-order valence-electron chi connectivity index (χ2n) is 5.79. The molecule has 0 radical (unpaired) electrons. The summed E-state index contributed by atoms with van der Waals surface area (Å²) >= 11 is 0. The van der Waals surface area contributed by atoms with Gasteiger partial charge in [0.2, 0.25) is 5.91 Å². The molecule has 0 spiro atoms. The molecule has 5 heteroatoms. The van der Waals surface area contributed by atoms with Crippen LogP contribution in [-0.4, -0.2) is 23.1 Å². The lowest BCUT2D eigenvalue weighted by atomic mass is 10.1. The number of ether oxygens (including phenoxy) is 1. The molecule has 2 aromatic carbocycles. The molecule has 0 aliphatic carbocycles. The van der Waals surface area contributed by atoms with Crippen molar-refractivity contribution in [2.24, 2.45) is 0 Å². The highest BCUT2D eigenvalue weighted by atomic mass is 16.5. The van der Waals surface area contributed by atoms with Crippen molar-refractivity contribution in [3.63, 3.8) is 0 Å². The number of rotatable bonds is 7.